The molecule has 0 amide bonds. The van der Waals surface area contributed by atoms with Gasteiger partial charge in [-0.1, -0.05) is 48.0 Å². The van der Waals surface area contributed by atoms with Crippen LogP contribution in [0.25, 0.3) is 0 Å². The van der Waals surface area contributed by atoms with Gasteiger partial charge in [-0.25, -0.2) is 0 Å². The number of anilines is 1. The smallest absolute Gasteiger partial charge is 0.104 e. The molecule has 0 saturated heterocycles. The molecule has 0 aliphatic carbocycles. The first-order valence-electron chi connectivity index (χ1n) is 6.02. The number of rotatable bonds is 5. The van der Waals surface area contributed by atoms with Crippen LogP contribution < -0.4 is 5.73 Å². The molecule has 0 aromatic heterocycles. The lowest BCUT2D eigenvalue weighted by atomic mass is 10.1. The van der Waals surface area contributed by atoms with Gasteiger partial charge in [-0.2, -0.15) is 0 Å². The predicted octanol–water partition coefficient (Wildman–Crippen LogP) is 3.17. The van der Waals surface area contributed by atoms with E-state index >= 15 is 0 Å². The number of hydrogen-bond donors (Lipinski definition) is 2. The Morgan fingerprint density at radius 1 is 1.11 bits per heavy atom. The van der Waals surface area contributed by atoms with Gasteiger partial charge in [0.1, 0.15) is 6.10 Å². The Morgan fingerprint density at radius 2 is 1.79 bits per heavy atom. The molecule has 0 heterocycles. The fourth-order valence-electron chi connectivity index (χ4n) is 1.80. The normalized spacial score (nSPS) is 12.3. The second kappa shape index (κ2) is 6.57. The van der Waals surface area contributed by atoms with E-state index in [2.05, 4.69) is 0 Å². The molecule has 0 radical (unpaired) electrons. The molecule has 2 aromatic rings. The van der Waals surface area contributed by atoms with E-state index in [0.29, 0.717) is 22.9 Å². The predicted molar refractivity (Wildman–Crippen MR) is 76.9 cm³/mol. The zero-order chi connectivity index (χ0) is 13.7. The second-order valence-corrected chi connectivity index (χ2v) is 4.66. The molecule has 19 heavy (non-hydrogen) atoms. The lowest BCUT2D eigenvalue weighted by Crippen LogP contribution is -2.09. The fraction of sp³-hybridized carbons (Fsp3) is 0.200. The van der Waals surface area contributed by atoms with Crippen LogP contribution >= 0.6 is 11.6 Å². The number of ether oxygens (including phenoxy) is 1. The van der Waals surface area contributed by atoms with Crippen LogP contribution in [-0.4, -0.2) is 11.7 Å². The number of halogens is 1. The Hall–Kier alpha value is -1.55. The van der Waals surface area contributed by atoms with Gasteiger partial charge in [0, 0.05) is 16.3 Å². The summed E-state index contributed by atoms with van der Waals surface area (Å²) in [5.41, 5.74) is 7.94. The summed E-state index contributed by atoms with van der Waals surface area (Å²) in [7, 11) is 0. The first-order valence-corrected chi connectivity index (χ1v) is 6.40. The lowest BCUT2D eigenvalue weighted by molar-refractivity contribution is 0.0281. The molecule has 3 N–H and O–H groups in total. The van der Waals surface area contributed by atoms with Gasteiger partial charge in [0.05, 0.1) is 13.2 Å². The third-order valence-electron chi connectivity index (χ3n) is 2.85. The summed E-state index contributed by atoms with van der Waals surface area (Å²) in [5, 5.41) is 10.7. The van der Waals surface area contributed by atoms with E-state index in [9.17, 15) is 5.11 Å². The van der Waals surface area contributed by atoms with Gasteiger partial charge in [0.2, 0.25) is 0 Å². The van der Waals surface area contributed by atoms with Crippen molar-refractivity contribution >= 4 is 17.3 Å². The van der Waals surface area contributed by atoms with Gasteiger partial charge in [-0.15, -0.1) is 0 Å². The molecule has 0 bridgehead atoms. The fourth-order valence-corrected chi connectivity index (χ4v) is 1.99. The molecule has 1 atom stereocenters. The zero-order valence-corrected chi connectivity index (χ0v) is 11.2. The molecule has 2 rings (SSSR count). The Bertz CT molecular complexity index is 545. The Kier molecular flexibility index (Phi) is 4.80. The van der Waals surface area contributed by atoms with Crippen molar-refractivity contribution in [2.24, 2.45) is 0 Å². The van der Waals surface area contributed by atoms with Crippen molar-refractivity contribution in [3.8, 4) is 0 Å². The van der Waals surface area contributed by atoms with Crippen LogP contribution in [0, 0.1) is 0 Å². The number of aliphatic hydroxyl groups is 1. The molecule has 0 aliphatic heterocycles. The van der Waals surface area contributed by atoms with Crippen LogP contribution in [0.15, 0.2) is 48.5 Å². The summed E-state index contributed by atoms with van der Waals surface area (Å²) < 4.78 is 5.48. The molecule has 100 valence electrons. The van der Waals surface area contributed by atoms with Crippen LogP contribution in [0.4, 0.5) is 5.69 Å². The number of benzene rings is 2. The average Bonchev–Trinajstić information content (AvgIpc) is 2.41. The van der Waals surface area contributed by atoms with E-state index < -0.39 is 6.10 Å². The van der Waals surface area contributed by atoms with Crippen molar-refractivity contribution in [2.75, 3.05) is 12.3 Å². The molecular formula is C15H16ClNO2. The van der Waals surface area contributed by atoms with E-state index in [1.807, 2.05) is 36.4 Å². The minimum absolute atomic E-state index is 0.180. The Balaban J connectivity index is 1.90. The molecule has 3 nitrogen and oxygen atoms in total. The van der Waals surface area contributed by atoms with E-state index in [4.69, 9.17) is 22.1 Å². The van der Waals surface area contributed by atoms with Gasteiger partial charge < -0.3 is 15.6 Å². The van der Waals surface area contributed by atoms with Gasteiger partial charge >= 0.3 is 0 Å². The number of hydrogen-bond acceptors (Lipinski definition) is 3. The molecule has 2 aromatic carbocycles. The largest absolute Gasteiger partial charge is 0.398 e. The van der Waals surface area contributed by atoms with Crippen LogP contribution in [0.1, 0.15) is 17.2 Å². The minimum Gasteiger partial charge on any atom is -0.398 e. The standard InChI is InChI=1S/C15H16ClNO2/c16-13-7-3-1-5-11(13)9-19-10-15(18)12-6-2-4-8-14(12)17/h1-8,15,18H,9-10,17H2. The molecule has 0 aliphatic rings. The molecular weight excluding hydrogens is 262 g/mol. The van der Waals surface area contributed by atoms with Crippen molar-refractivity contribution in [1.29, 1.82) is 0 Å². The van der Waals surface area contributed by atoms with Crippen molar-refractivity contribution in [1.82, 2.24) is 0 Å². The van der Waals surface area contributed by atoms with Crippen LogP contribution in [-0.2, 0) is 11.3 Å². The molecule has 0 fully saturated rings. The van der Waals surface area contributed by atoms with Crippen molar-refractivity contribution < 1.29 is 9.84 Å². The summed E-state index contributed by atoms with van der Waals surface area (Å²) in [6.45, 7) is 0.545. The number of aliphatic hydroxyl groups excluding tert-OH is 1. The minimum atomic E-state index is -0.733. The Morgan fingerprint density at radius 3 is 2.53 bits per heavy atom. The quantitative estimate of drug-likeness (QED) is 0.826. The molecule has 0 spiro atoms. The average molecular weight is 278 g/mol. The first kappa shape index (κ1) is 13.9. The molecule has 0 saturated carbocycles. The Labute approximate surface area is 117 Å². The maximum absolute atomic E-state index is 10.0. The lowest BCUT2D eigenvalue weighted by Gasteiger charge is -2.14. The highest BCUT2D eigenvalue weighted by molar-refractivity contribution is 6.31. The number of nitrogens with two attached hydrogens (primary N) is 1. The molecule has 1 unspecified atom stereocenters. The topological polar surface area (TPSA) is 55.5 Å². The highest BCUT2D eigenvalue weighted by Crippen LogP contribution is 2.21. The van der Waals surface area contributed by atoms with Crippen LogP contribution in [0.5, 0.6) is 0 Å². The number of nitrogen functional groups attached to an aromatic ring is 1. The summed E-state index contributed by atoms with van der Waals surface area (Å²) in [6, 6.07) is 14.7. The van der Waals surface area contributed by atoms with E-state index in [0.717, 1.165) is 5.56 Å². The summed E-state index contributed by atoms with van der Waals surface area (Å²) in [4.78, 5) is 0. The van der Waals surface area contributed by atoms with Crippen LogP contribution in [0.2, 0.25) is 5.02 Å². The zero-order valence-electron chi connectivity index (χ0n) is 10.4. The maximum Gasteiger partial charge on any atom is 0.104 e. The first-order chi connectivity index (χ1) is 9.18. The summed E-state index contributed by atoms with van der Waals surface area (Å²) in [5.74, 6) is 0. The van der Waals surface area contributed by atoms with Gasteiger partial charge in [-0.05, 0) is 17.7 Å². The van der Waals surface area contributed by atoms with E-state index in [1.54, 1.807) is 12.1 Å². The number of para-hydroxylation sites is 1. The van der Waals surface area contributed by atoms with E-state index in [-0.39, 0.29) is 6.61 Å². The van der Waals surface area contributed by atoms with Crippen molar-refractivity contribution in [3.05, 3.63) is 64.7 Å². The highest BCUT2D eigenvalue weighted by Gasteiger charge is 2.10. The monoisotopic (exact) mass is 277 g/mol. The van der Waals surface area contributed by atoms with E-state index in [1.165, 1.54) is 0 Å². The van der Waals surface area contributed by atoms with Gasteiger partial charge in [-0.3, -0.25) is 0 Å². The maximum atomic E-state index is 10.0. The third-order valence-corrected chi connectivity index (χ3v) is 3.21. The molecule has 4 heteroatoms. The van der Waals surface area contributed by atoms with Crippen molar-refractivity contribution in [2.45, 2.75) is 12.7 Å². The third kappa shape index (κ3) is 3.70. The second-order valence-electron chi connectivity index (χ2n) is 4.25. The highest BCUT2D eigenvalue weighted by atomic mass is 35.5. The summed E-state index contributed by atoms with van der Waals surface area (Å²) in [6.07, 6.45) is -0.733. The van der Waals surface area contributed by atoms with Crippen molar-refractivity contribution in [3.63, 3.8) is 0 Å². The van der Waals surface area contributed by atoms with Gasteiger partial charge in [0.15, 0.2) is 0 Å². The van der Waals surface area contributed by atoms with Crippen LogP contribution in [0.3, 0.4) is 0 Å². The van der Waals surface area contributed by atoms with Gasteiger partial charge in [0.25, 0.3) is 0 Å². The SMILES string of the molecule is Nc1ccccc1C(O)COCc1ccccc1Cl. The summed E-state index contributed by atoms with van der Waals surface area (Å²) >= 11 is 6.02.